The molecule has 0 amide bonds. The lowest BCUT2D eigenvalue weighted by molar-refractivity contribution is 0.0779. The minimum atomic E-state index is 0.658. The fourth-order valence-electron chi connectivity index (χ4n) is 3.04. The molecule has 4 heteroatoms. The van der Waals surface area contributed by atoms with Gasteiger partial charge >= 0.3 is 0 Å². The molecule has 1 aromatic rings. The van der Waals surface area contributed by atoms with E-state index in [4.69, 9.17) is 0 Å². The summed E-state index contributed by atoms with van der Waals surface area (Å²) in [7, 11) is 2.21. The zero-order chi connectivity index (χ0) is 13.8. The average molecular weight is 262 g/mol. The van der Waals surface area contributed by atoms with Crippen LogP contribution in [0.2, 0.25) is 0 Å². The van der Waals surface area contributed by atoms with Gasteiger partial charge in [-0.15, -0.1) is 0 Å². The van der Waals surface area contributed by atoms with Crippen LogP contribution in [0.25, 0.3) is 0 Å². The lowest BCUT2D eigenvalue weighted by Gasteiger charge is -2.40. The van der Waals surface area contributed by atoms with Gasteiger partial charge in [0, 0.05) is 31.5 Å². The topological polar surface area (TPSA) is 32.3 Å². The van der Waals surface area contributed by atoms with Crippen LogP contribution in [0.3, 0.4) is 0 Å². The average Bonchev–Trinajstić information content (AvgIpc) is 2.41. The van der Waals surface area contributed by atoms with Crippen molar-refractivity contribution in [2.24, 2.45) is 5.92 Å². The van der Waals surface area contributed by atoms with E-state index >= 15 is 0 Å². The number of hydrogen-bond acceptors (Lipinski definition) is 4. The first-order valence-corrected chi connectivity index (χ1v) is 7.30. The number of likely N-dealkylation sites (tertiary alicyclic amines) is 1. The second kappa shape index (κ2) is 6.44. The van der Waals surface area contributed by atoms with E-state index in [2.05, 4.69) is 40.7 Å². The summed E-state index contributed by atoms with van der Waals surface area (Å²) in [5.74, 6) is 0.720. The van der Waals surface area contributed by atoms with E-state index in [1.165, 1.54) is 26.1 Å². The van der Waals surface area contributed by atoms with Crippen molar-refractivity contribution >= 4 is 0 Å². The number of nitrogens with zero attached hydrogens (tertiary/aromatic N) is 4. The molecule has 0 aliphatic carbocycles. The number of rotatable bonds is 4. The molecule has 1 aliphatic rings. The third kappa shape index (κ3) is 3.74. The number of aryl methyl sites for hydroxylation is 1. The molecule has 0 radical (unpaired) electrons. The summed E-state index contributed by atoms with van der Waals surface area (Å²) < 4.78 is 0. The van der Waals surface area contributed by atoms with E-state index in [9.17, 15) is 0 Å². The van der Waals surface area contributed by atoms with Crippen molar-refractivity contribution in [3.8, 4) is 0 Å². The van der Waals surface area contributed by atoms with Crippen molar-refractivity contribution in [3.63, 3.8) is 0 Å². The van der Waals surface area contributed by atoms with Crippen LogP contribution in [0.1, 0.15) is 31.7 Å². The minimum absolute atomic E-state index is 0.658. The van der Waals surface area contributed by atoms with Crippen LogP contribution in [-0.2, 0) is 6.54 Å². The minimum Gasteiger partial charge on any atom is -0.303 e. The van der Waals surface area contributed by atoms with Gasteiger partial charge in [-0.2, -0.15) is 0 Å². The highest BCUT2D eigenvalue weighted by molar-refractivity contribution is 5.01. The van der Waals surface area contributed by atoms with E-state index in [-0.39, 0.29) is 0 Å². The maximum Gasteiger partial charge on any atom is 0.0727 e. The van der Waals surface area contributed by atoms with Crippen LogP contribution < -0.4 is 0 Å². The molecule has 2 atom stereocenters. The van der Waals surface area contributed by atoms with Crippen molar-refractivity contribution in [2.75, 3.05) is 26.7 Å². The molecule has 2 heterocycles. The fraction of sp³-hybridized carbons (Fsp3) is 0.733. The maximum absolute atomic E-state index is 4.45. The highest BCUT2D eigenvalue weighted by Gasteiger charge is 2.28. The molecule has 106 valence electrons. The van der Waals surface area contributed by atoms with Gasteiger partial charge in [0.15, 0.2) is 0 Å². The summed E-state index contributed by atoms with van der Waals surface area (Å²) in [5, 5.41) is 0. The molecule has 0 saturated carbocycles. The van der Waals surface area contributed by atoms with Crippen molar-refractivity contribution < 1.29 is 0 Å². The van der Waals surface area contributed by atoms with Gasteiger partial charge in [-0.05, 0) is 39.4 Å². The maximum atomic E-state index is 4.45. The Morgan fingerprint density at radius 1 is 1.37 bits per heavy atom. The number of piperidine rings is 1. The van der Waals surface area contributed by atoms with Crippen LogP contribution >= 0.6 is 0 Å². The molecular weight excluding hydrogens is 236 g/mol. The van der Waals surface area contributed by atoms with Gasteiger partial charge in [0.2, 0.25) is 0 Å². The molecule has 1 aliphatic heterocycles. The monoisotopic (exact) mass is 262 g/mol. The Labute approximate surface area is 116 Å². The third-order valence-corrected chi connectivity index (χ3v) is 4.20. The first-order chi connectivity index (χ1) is 9.10. The van der Waals surface area contributed by atoms with E-state index in [0.717, 1.165) is 23.9 Å². The van der Waals surface area contributed by atoms with Crippen LogP contribution in [0.4, 0.5) is 0 Å². The lowest BCUT2D eigenvalue weighted by Crippen LogP contribution is -2.48. The standard InChI is InChI=1S/C15H26N4/c1-5-19-7-6-15(12(2)10-19)18(4)11-14-9-16-13(3)8-17-14/h8-9,12,15H,5-7,10-11H2,1-4H3. The predicted octanol–water partition coefficient (Wildman–Crippen LogP) is 1.95. The van der Waals surface area contributed by atoms with Crippen LogP contribution in [0.15, 0.2) is 12.4 Å². The van der Waals surface area contributed by atoms with Crippen molar-refractivity contribution in [3.05, 3.63) is 23.8 Å². The van der Waals surface area contributed by atoms with Gasteiger partial charge in [0.05, 0.1) is 11.4 Å². The lowest BCUT2D eigenvalue weighted by atomic mass is 9.92. The molecule has 0 aromatic carbocycles. The van der Waals surface area contributed by atoms with Gasteiger partial charge < -0.3 is 4.90 Å². The molecule has 2 unspecified atom stereocenters. The normalized spacial score (nSPS) is 24.9. The van der Waals surface area contributed by atoms with E-state index in [0.29, 0.717) is 6.04 Å². The van der Waals surface area contributed by atoms with Gasteiger partial charge in [0.25, 0.3) is 0 Å². The Bertz CT molecular complexity index is 390. The Balaban J connectivity index is 1.92. The van der Waals surface area contributed by atoms with Gasteiger partial charge in [-0.3, -0.25) is 14.9 Å². The largest absolute Gasteiger partial charge is 0.303 e. The predicted molar refractivity (Wildman–Crippen MR) is 77.9 cm³/mol. The summed E-state index contributed by atoms with van der Waals surface area (Å²) in [4.78, 5) is 13.8. The molecule has 1 aromatic heterocycles. The van der Waals surface area contributed by atoms with Crippen LogP contribution in [0, 0.1) is 12.8 Å². The zero-order valence-corrected chi connectivity index (χ0v) is 12.6. The van der Waals surface area contributed by atoms with E-state index in [1.807, 2.05) is 19.3 Å². The van der Waals surface area contributed by atoms with Crippen molar-refractivity contribution in [1.29, 1.82) is 0 Å². The van der Waals surface area contributed by atoms with Crippen molar-refractivity contribution in [2.45, 2.75) is 39.8 Å². The zero-order valence-electron chi connectivity index (χ0n) is 12.6. The van der Waals surface area contributed by atoms with Crippen LogP contribution in [0.5, 0.6) is 0 Å². The highest BCUT2D eigenvalue weighted by Crippen LogP contribution is 2.22. The SMILES string of the molecule is CCN1CCC(N(C)Cc2cnc(C)cn2)C(C)C1. The molecule has 4 nitrogen and oxygen atoms in total. The summed E-state index contributed by atoms with van der Waals surface area (Å²) >= 11 is 0. The molecule has 1 fully saturated rings. The van der Waals surface area contributed by atoms with Gasteiger partial charge in [0.1, 0.15) is 0 Å². The first kappa shape index (κ1) is 14.4. The summed E-state index contributed by atoms with van der Waals surface area (Å²) in [6.07, 6.45) is 5.01. The van der Waals surface area contributed by atoms with E-state index < -0.39 is 0 Å². The smallest absolute Gasteiger partial charge is 0.0727 e. The van der Waals surface area contributed by atoms with Crippen LogP contribution in [-0.4, -0.2) is 52.5 Å². The molecule has 1 saturated heterocycles. The Morgan fingerprint density at radius 2 is 2.16 bits per heavy atom. The number of aromatic nitrogens is 2. The second-order valence-electron chi connectivity index (χ2n) is 5.79. The summed E-state index contributed by atoms with van der Waals surface area (Å²) in [6, 6.07) is 0.658. The molecule has 19 heavy (non-hydrogen) atoms. The molecule has 0 spiro atoms. The third-order valence-electron chi connectivity index (χ3n) is 4.20. The highest BCUT2D eigenvalue weighted by atomic mass is 15.2. The quantitative estimate of drug-likeness (QED) is 0.830. The van der Waals surface area contributed by atoms with E-state index in [1.54, 1.807) is 0 Å². The second-order valence-corrected chi connectivity index (χ2v) is 5.79. The molecule has 0 bridgehead atoms. The Kier molecular flexibility index (Phi) is 4.88. The van der Waals surface area contributed by atoms with Crippen molar-refractivity contribution in [1.82, 2.24) is 19.8 Å². The van der Waals surface area contributed by atoms with Gasteiger partial charge in [-0.25, -0.2) is 0 Å². The molecule has 0 N–H and O–H groups in total. The number of hydrogen-bond donors (Lipinski definition) is 0. The fourth-order valence-corrected chi connectivity index (χ4v) is 3.04. The summed E-state index contributed by atoms with van der Waals surface area (Å²) in [6.45, 7) is 11.1. The van der Waals surface area contributed by atoms with Gasteiger partial charge in [-0.1, -0.05) is 13.8 Å². The molecular formula is C15H26N4. The molecule has 2 rings (SSSR count). The first-order valence-electron chi connectivity index (χ1n) is 7.30. The Hall–Kier alpha value is -1.00. The summed E-state index contributed by atoms with van der Waals surface area (Å²) in [5.41, 5.74) is 2.05. The Morgan fingerprint density at radius 3 is 2.74 bits per heavy atom.